The molecule has 0 aliphatic carbocycles. The zero-order chi connectivity index (χ0) is 24.9. The first-order chi connectivity index (χ1) is 17.6. The average Bonchev–Trinajstić information content (AvgIpc) is 3.60. The molecule has 0 radical (unpaired) electrons. The first-order valence-electron chi connectivity index (χ1n) is 11.9. The molecule has 1 aliphatic heterocycles. The number of benzene rings is 3. The third-order valence-electron chi connectivity index (χ3n) is 6.35. The number of nitrogens with one attached hydrogen (secondary N) is 1. The predicted molar refractivity (Wildman–Crippen MR) is 139 cm³/mol. The van der Waals surface area contributed by atoms with Crippen LogP contribution in [0.3, 0.4) is 0 Å². The zero-order valence-electron chi connectivity index (χ0n) is 20.1. The third kappa shape index (κ3) is 5.27. The second-order valence-electron chi connectivity index (χ2n) is 8.87. The Labute approximate surface area is 209 Å². The van der Waals surface area contributed by atoms with E-state index in [9.17, 15) is 0 Å². The molecule has 2 heterocycles. The van der Waals surface area contributed by atoms with Gasteiger partial charge in [0.15, 0.2) is 5.96 Å². The predicted octanol–water partition coefficient (Wildman–Crippen LogP) is 5.03. The number of hydrogen-bond donors (Lipinski definition) is 2. The molecule has 0 spiro atoms. The quantitative estimate of drug-likeness (QED) is 0.218. The van der Waals surface area contributed by atoms with Crippen molar-refractivity contribution in [1.29, 1.82) is 5.41 Å². The van der Waals surface area contributed by atoms with E-state index in [1.807, 2.05) is 66.4 Å². The molecule has 4 aromatic rings. The Bertz CT molecular complexity index is 1360. The second kappa shape index (κ2) is 10.4. The summed E-state index contributed by atoms with van der Waals surface area (Å²) in [6, 6.07) is 26.4. The van der Waals surface area contributed by atoms with Crippen molar-refractivity contribution >= 4 is 11.7 Å². The molecule has 182 valence electrons. The molecular weight excluding hydrogens is 452 g/mol. The molecule has 8 nitrogen and oxygen atoms in total. The van der Waals surface area contributed by atoms with E-state index in [0.29, 0.717) is 24.9 Å². The van der Waals surface area contributed by atoms with E-state index in [0.717, 1.165) is 40.9 Å². The molecule has 0 amide bonds. The molecular formula is C28H28N6O2. The van der Waals surface area contributed by atoms with Gasteiger partial charge in [0, 0.05) is 18.7 Å². The van der Waals surface area contributed by atoms with Gasteiger partial charge in [0.25, 0.3) is 0 Å². The summed E-state index contributed by atoms with van der Waals surface area (Å²) in [6.45, 7) is 3.67. The number of hydrogen-bond acceptors (Lipinski definition) is 6. The van der Waals surface area contributed by atoms with Crippen LogP contribution in [0, 0.1) is 5.41 Å². The summed E-state index contributed by atoms with van der Waals surface area (Å²) in [6.07, 6.45) is 0.840. The van der Waals surface area contributed by atoms with Crippen molar-refractivity contribution in [3.8, 4) is 22.5 Å². The summed E-state index contributed by atoms with van der Waals surface area (Å²) in [7, 11) is 0. The molecule has 1 aromatic heterocycles. The minimum absolute atomic E-state index is 0.0783. The van der Waals surface area contributed by atoms with Gasteiger partial charge in [-0.1, -0.05) is 83.1 Å². The van der Waals surface area contributed by atoms with Gasteiger partial charge in [0.2, 0.25) is 11.7 Å². The first kappa shape index (κ1) is 23.3. The lowest BCUT2D eigenvalue weighted by atomic mass is 10.0. The standard InChI is InChI=1S/C28H28N6O2/c1-19(32-35-18-20-6-5-9-24(16-20)22-7-3-2-4-8-22)21-10-12-23(13-11-21)26-31-27(36-33-26)25-14-15-34(17-25)28(29)30/h2-13,16,25H,14-15,17-18H2,1H3,(H3,29,30)/b32-19-/t25-/m1/s1. The maximum absolute atomic E-state index is 7.58. The highest BCUT2D eigenvalue weighted by Gasteiger charge is 2.29. The number of aromatic nitrogens is 2. The summed E-state index contributed by atoms with van der Waals surface area (Å²) < 4.78 is 5.50. The van der Waals surface area contributed by atoms with Gasteiger partial charge in [-0.25, -0.2) is 0 Å². The van der Waals surface area contributed by atoms with Crippen LogP contribution in [0.5, 0.6) is 0 Å². The van der Waals surface area contributed by atoms with Crippen LogP contribution >= 0.6 is 0 Å². The summed E-state index contributed by atoms with van der Waals surface area (Å²) in [5, 5.41) is 16.0. The normalized spacial score (nSPS) is 15.8. The van der Waals surface area contributed by atoms with Gasteiger partial charge in [-0.05, 0) is 41.7 Å². The fourth-order valence-corrected chi connectivity index (χ4v) is 4.29. The van der Waals surface area contributed by atoms with E-state index in [1.54, 1.807) is 0 Å². The van der Waals surface area contributed by atoms with E-state index < -0.39 is 0 Å². The van der Waals surface area contributed by atoms with Crippen LogP contribution in [0.15, 0.2) is 88.5 Å². The van der Waals surface area contributed by atoms with Crippen molar-refractivity contribution in [2.45, 2.75) is 25.9 Å². The SMILES string of the molecule is C/C(=N/OCc1cccc(-c2ccccc2)c1)c1ccc(-c2noc([C@@H]3CCN(C(=N)N)C3)n2)cc1. The van der Waals surface area contributed by atoms with Crippen molar-refractivity contribution in [2.75, 3.05) is 13.1 Å². The van der Waals surface area contributed by atoms with Gasteiger partial charge >= 0.3 is 0 Å². The van der Waals surface area contributed by atoms with Crippen LogP contribution in [0.25, 0.3) is 22.5 Å². The smallest absolute Gasteiger partial charge is 0.231 e. The van der Waals surface area contributed by atoms with E-state index in [1.165, 1.54) is 5.56 Å². The molecule has 5 rings (SSSR count). The van der Waals surface area contributed by atoms with Gasteiger partial charge in [-0.2, -0.15) is 4.98 Å². The van der Waals surface area contributed by atoms with E-state index in [4.69, 9.17) is 20.5 Å². The minimum Gasteiger partial charge on any atom is -0.391 e. The van der Waals surface area contributed by atoms with Crippen molar-refractivity contribution in [3.63, 3.8) is 0 Å². The molecule has 1 saturated heterocycles. The number of likely N-dealkylation sites (tertiary alicyclic amines) is 1. The number of oxime groups is 1. The molecule has 1 aliphatic rings. The molecule has 3 aromatic carbocycles. The average molecular weight is 481 g/mol. The fraction of sp³-hybridized carbons (Fsp3) is 0.214. The van der Waals surface area contributed by atoms with Crippen molar-refractivity contribution in [2.24, 2.45) is 10.9 Å². The van der Waals surface area contributed by atoms with Gasteiger partial charge in [-0.15, -0.1) is 0 Å². The van der Waals surface area contributed by atoms with Crippen LogP contribution in [0.2, 0.25) is 0 Å². The van der Waals surface area contributed by atoms with E-state index in [-0.39, 0.29) is 11.9 Å². The van der Waals surface area contributed by atoms with Crippen molar-refractivity contribution in [3.05, 3.63) is 95.9 Å². The Morgan fingerprint density at radius 1 is 1.06 bits per heavy atom. The van der Waals surface area contributed by atoms with E-state index in [2.05, 4.69) is 39.6 Å². The highest BCUT2D eigenvalue weighted by molar-refractivity contribution is 5.98. The summed E-state index contributed by atoms with van der Waals surface area (Å²) in [5.41, 5.74) is 11.6. The van der Waals surface area contributed by atoms with Crippen molar-refractivity contribution in [1.82, 2.24) is 15.0 Å². The topological polar surface area (TPSA) is 114 Å². The fourth-order valence-electron chi connectivity index (χ4n) is 4.29. The van der Waals surface area contributed by atoms with Crippen LogP contribution in [0.1, 0.15) is 36.3 Å². The monoisotopic (exact) mass is 480 g/mol. The first-order valence-corrected chi connectivity index (χ1v) is 11.9. The lowest BCUT2D eigenvalue weighted by Gasteiger charge is -2.14. The molecule has 0 bridgehead atoms. The number of nitrogens with two attached hydrogens (primary N) is 1. The highest BCUT2D eigenvalue weighted by Crippen LogP contribution is 2.27. The Hall–Kier alpha value is -4.46. The number of rotatable bonds is 7. The molecule has 36 heavy (non-hydrogen) atoms. The Morgan fingerprint density at radius 2 is 1.83 bits per heavy atom. The summed E-state index contributed by atoms with van der Waals surface area (Å²) in [4.78, 5) is 12.0. The van der Waals surface area contributed by atoms with Crippen LogP contribution in [0.4, 0.5) is 0 Å². The second-order valence-corrected chi connectivity index (χ2v) is 8.87. The Balaban J connectivity index is 1.19. The van der Waals surface area contributed by atoms with Gasteiger partial charge in [0.05, 0.1) is 11.6 Å². The zero-order valence-corrected chi connectivity index (χ0v) is 20.1. The van der Waals surface area contributed by atoms with Crippen LogP contribution in [-0.2, 0) is 11.4 Å². The van der Waals surface area contributed by atoms with Crippen LogP contribution in [-0.4, -0.2) is 39.8 Å². The van der Waals surface area contributed by atoms with Crippen LogP contribution < -0.4 is 5.73 Å². The highest BCUT2D eigenvalue weighted by atomic mass is 16.6. The van der Waals surface area contributed by atoms with E-state index >= 15 is 0 Å². The molecule has 1 atom stereocenters. The molecule has 8 heteroatoms. The molecule has 1 fully saturated rings. The number of nitrogens with zero attached hydrogens (tertiary/aromatic N) is 4. The maximum atomic E-state index is 7.58. The minimum atomic E-state index is 0.0783. The maximum Gasteiger partial charge on any atom is 0.231 e. The van der Waals surface area contributed by atoms with Gasteiger partial charge in [-0.3, -0.25) is 5.41 Å². The Kier molecular flexibility index (Phi) is 6.75. The largest absolute Gasteiger partial charge is 0.391 e. The van der Waals surface area contributed by atoms with Crippen molar-refractivity contribution < 1.29 is 9.36 Å². The summed E-state index contributed by atoms with van der Waals surface area (Å²) >= 11 is 0. The third-order valence-corrected chi connectivity index (χ3v) is 6.35. The molecule has 0 saturated carbocycles. The van der Waals surface area contributed by atoms with Gasteiger partial charge < -0.3 is 20.0 Å². The summed E-state index contributed by atoms with van der Waals surface area (Å²) in [5.74, 6) is 1.30. The Morgan fingerprint density at radius 3 is 2.58 bits per heavy atom. The van der Waals surface area contributed by atoms with Gasteiger partial charge in [0.1, 0.15) is 6.61 Å². The lowest BCUT2D eigenvalue weighted by molar-refractivity contribution is 0.130. The molecule has 0 unspecified atom stereocenters. The lowest BCUT2D eigenvalue weighted by Crippen LogP contribution is -2.34. The number of guanidine groups is 1. The molecule has 3 N–H and O–H groups in total.